The third-order valence-electron chi connectivity index (χ3n) is 11.8. The Morgan fingerprint density at radius 2 is 1.04 bits per heavy atom. The zero-order valence-electron chi connectivity index (χ0n) is 28.6. The molecule has 7 aromatic carbocycles. The lowest BCUT2D eigenvalue weighted by Gasteiger charge is -2.31. The lowest BCUT2D eigenvalue weighted by atomic mass is 9.70. The highest BCUT2D eigenvalue weighted by Gasteiger charge is 2.52. The van der Waals surface area contributed by atoms with Crippen molar-refractivity contribution in [1.82, 2.24) is 15.0 Å². The average molecular weight is 672 g/mol. The van der Waals surface area contributed by atoms with E-state index >= 15 is 0 Å². The molecule has 3 aromatic heterocycles. The number of fused-ring (bicyclic) bond motifs is 17. The molecule has 53 heavy (non-hydrogen) atoms. The van der Waals surface area contributed by atoms with Crippen molar-refractivity contribution in [2.45, 2.75) is 5.41 Å². The predicted octanol–water partition coefficient (Wildman–Crippen LogP) is 12.2. The topological polar surface area (TPSA) is 38.7 Å². The summed E-state index contributed by atoms with van der Waals surface area (Å²) in [5.74, 6) is 0. The smallest absolute Gasteiger partial charge is 0.0972 e. The van der Waals surface area contributed by atoms with Gasteiger partial charge >= 0.3 is 0 Å². The van der Waals surface area contributed by atoms with E-state index in [2.05, 4.69) is 169 Å². The molecule has 244 valence electrons. The van der Waals surface area contributed by atoms with Crippen LogP contribution in [0.2, 0.25) is 0 Å². The molecule has 10 aromatic rings. The van der Waals surface area contributed by atoms with E-state index in [1.165, 1.54) is 60.8 Å². The van der Waals surface area contributed by atoms with E-state index in [4.69, 9.17) is 9.97 Å². The molecule has 0 aliphatic heterocycles. The van der Waals surface area contributed by atoms with E-state index in [1.54, 1.807) is 0 Å². The molecule has 2 aliphatic carbocycles. The monoisotopic (exact) mass is 671 g/mol. The Morgan fingerprint density at radius 1 is 0.415 bits per heavy atom. The number of hydrogen-bond acceptors (Lipinski definition) is 3. The molecule has 0 unspecified atom stereocenters. The van der Waals surface area contributed by atoms with Crippen LogP contribution >= 0.6 is 0 Å². The van der Waals surface area contributed by atoms with Gasteiger partial charge < -0.3 is 0 Å². The molecule has 2 aliphatic rings. The second-order valence-corrected chi connectivity index (χ2v) is 14.3. The highest BCUT2D eigenvalue weighted by atomic mass is 14.8. The summed E-state index contributed by atoms with van der Waals surface area (Å²) in [7, 11) is 0. The van der Waals surface area contributed by atoms with E-state index in [-0.39, 0.29) is 0 Å². The molecule has 12 rings (SSSR count). The van der Waals surface area contributed by atoms with Crippen molar-refractivity contribution in [2.75, 3.05) is 0 Å². The molecule has 0 saturated heterocycles. The fourth-order valence-electron chi connectivity index (χ4n) is 9.55. The predicted molar refractivity (Wildman–Crippen MR) is 217 cm³/mol. The number of benzene rings is 7. The molecular weight excluding hydrogens is 643 g/mol. The summed E-state index contributed by atoms with van der Waals surface area (Å²) < 4.78 is 0. The maximum Gasteiger partial charge on any atom is 0.0972 e. The number of pyridine rings is 3. The van der Waals surface area contributed by atoms with Gasteiger partial charge in [-0.2, -0.15) is 0 Å². The van der Waals surface area contributed by atoms with Gasteiger partial charge in [-0.05, 0) is 79.9 Å². The average Bonchev–Trinajstić information content (AvgIpc) is 3.70. The summed E-state index contributed by atoms with van der Waals surface area (Å²) in [6.07, 6.45) is 3.93. The highest BCUT2D eigenvalue weighted by molar-refractivity contribution is 6.20. The van der Waals surface area contributed by atoms with Crippen LogP contribution in [-0.2, 0) is 5.41 Å². The fraction of sp³-hybridized carbons (Fsp3) is 0.0200. The second-order valence-electron chi connectivity index (χ2n) is 14.3. The molecule has 0 radical (unpaired) electrons. The van der Waals surface area contributed by atoms with Gasteiger partial charge in [0.15, 0.2) is 0 Å². The van der Waals surface area contributed by atoms with Gasteiger partial charge in [-0.15, -0.1) is 0 Å². The van der Waals surface area contributed by atoms with Gasteiger partial charge in [0.05, 0.1) is 27.7 Å². The summed E-state index contributed by atoms with van der Waals surface area (Å²) in [5.41, 5.74) is 17.3. The molecular formula is C50H29N3. The molecule has 0 N–H and O–H groups in total. The van der Waals surface area contributed by atoms with Crippen molar-refractivity contribution in [3.05, 3.63) is 198 Å². The maximum atomic E-state index is 5.15. The quantitative estimate of drug-likeness (QED) is 0.172. The first-order chi connectivity index (χ1) is 26.3. The van der Waals surface area contributed by atoms with Crippen LogP contribution in [0.1, 0.15) is 22.3 Å². The molecule has 0 fully saturated rings. The van der Waals surface area contributed by atoms with Gasteiger partial charge in [0.1, 0.15) is 0 Å². The van der Waals surface area contributed by atoms with Crippen LogP contribution in [-0.4, -0.2) is 15.0 Å². The summed E-state index contributed by atoms with van der Waals surface area (Å²) in [6.45, 7) is 0. The molecule has 3 heterocycles. The SMILES string of the molecule is c1ccc2c(c1)-c1ccccc1C21c2ccccc2-c2c1cc(-c1ccc(-c3ccc4ccc5cccnc5c4n3)cc1)c1cnc3ccccc3c21. The van der Waals surface area contributed by atoms with E-state index in [0.29, 0.717) is 0 Å². The van der Waals surface area contributed by atoms with Gasteiger partial charge in [0.2, 0.25) is 0 Å². The summed E-state index contributed by atoms with van der Waals surface area (Å²) >= 11 is 0. The van der Waals surface area contributed by atoms with Crippen LogP contribution in [0.15, 0.2) is 176 Å². The molecule has 0 atom stereocenters. The Morgan fingerprint density at radius 3 is 1.81 bits per heavy atom. The zero-order valence-corrected chi connectivity index (χ0v) is 28.6. The molecule has 3 nitrogen and oxygen atoms in total. The summed E-state index contributed by atoms with van der Waals surface area (Å²) in [5, 5.41) is 5.77. The maximum absolute atomic E-state index is 5.15. The van der Waals surface area contributed by atoms with Crippen LogP contribution in [0.3, 0.4) is 0 Å². The Bertz CT molecular complexity index is 3130. The molecule has 0 saturated carbocycles. The van der Waals surface area contributed by atoms with Crippen molar-refractivity contribution in [2.24, 2.45) is 0 Å². The van der Waals surface area contributed by atoms with Crippen molar-refractivity contribution in [3.8, 4) is 44.6 Å². The van der Waals surface area contributed by atoms with E-state index in [1.807, 2.05) is 12.3 Å². The normalized spacial score (nSPS) is 13.4. The first kappa shape index (κ1) is 28.7. The minimum Gasteiger partial charge on any atom is -0.256 e. The largest absolute Gasteiger partial charge is 0.256 e. The van der Waals surface area contributed by atoms with E-state index in [9.17, 15) is 0 Å². The Kier molecular flexibility index (Phi) is 5.70. The van der Waals surface area contributed by atoms with Crippen molar-refractivity contribution >= 4 is 43.5 Å². The van der Waals surface area contributed by atoms with Gasteiger partial charge in [0.25, 0.3) is 0 Å². The summed E-state index contributed by atoms with van der Waals surface area (Å²) in [6, 6.07) is 59.7. The van der Waals surface area contributed by atoms with Gasteiger partial charge in [-0.1, -0.05) is 140 Å². The van der Waals surface area contributed by atoms with Gasteiger partial charge in [-0.3, -0.25) is 9.97 Å². The van der Waals surface area contributed by atoms with Crippen molar-refractivity contribution < 1.29 is 0 Å². The van der Waals surface area contributed by atoms with Gasteiger partial charge in [-0.25, -0.2) is 4.98 Å². The first-order valence-electron chi connectivity index (χ1n) is 18.2. The molecule has 1 spiro atoms. The Hall–Kier alpha value is -6.97. The summed E-state index contributed by atoms with van der Waals surface area (Å²) in [4.78, 5) is 14.9. The first-order valence-corrected chi connectivity index (χ1v) is 18.2. The number of para-hydroxylation sites is 1. The zero-order chi connectivity index (χ0) is 34.7. The minimum absolute atomic E-state index is 0.446. The fourth-order valence-corrected chi connectivity index (χ4v) is 9.55. The van der Waals surface area contributed by atoms with Crippen molar-refractivity contribution in [1.29, 1.82) is 0 Å². The third kappa shape index (κ3) is 3.75. The van der Waals surface area contributed by atoms with Gasteiger partial charge in [0, 0.05) is 44.9 Å². The van der Waals surface area contributed by atoms with Crippen LogP contribution in [0.25, 0.3) is 88.1 Å². The minimum atomic E-state index is -0.446. The number of hydrogen-bond donors (Lipinski definition) is 0. The highest BCUT2D eigenvalue weighted by Crippen LogP contribution is 2.64. The number of rotatable bonds is 2. The lowest BCUT2D eigenvalue weighted by molar-refractivity contribution is 0.795. The molecule has 0 bridgehead atoms. The van der Waals surface area contributed by atoms with Crippen LogP contribution in [0, 0.1) is 0 Å². The van der Waals surface area contributed by atoms with Crippen LogP contribution in [0.4, 0.5) is 0 Å². The van der Waals surface area contributed by atoms with Crippen LogP contribution < -0.4 is 0 Å². The number of nitrogens with zero attached hydrogens (tertiary/aromatic N) is 3. The lowest BCUT2D eigenvalue weighted by Crippen LogP contribution is -2.25. The van der Waals surface area contributed by atoms with E-state index in [0.717, 1.165) is 49.5 Å². The Balaban J connectivity index is 1.14. The number of aromatic nitrogens is 3. The third-order valence-corrected chi connectivity index (χ3v) is 11.8. The van der Waals surface area contributed by atoms with Crippen LogP contribution in [0.5, 0.6) is 0 Å². The van der Waals surface area contributed by atoms with Crippen molar-refractivity contribution in [3.63, 3.8) is 0 Å². The second kappa shape index (κ2) is 10.5. The Labute approximate surface area is 305 Å². The molecule has 3 heteroatoms. The standard InChI is InChI=1S/C50H29N3/c1-5-15-40-34(11-1)35-12-2-6-16-41(35)50(40)42-17-7-3-13-36(42)47-43(50)28-38(39-29-52-45-18-8-4-14-37(45)46(39)47)30-19-21-31(22-20-30)44-26-25-33-24-23-32-10-9-27-51-48(32)49(33)53-44/h1-29H. The van der Waals surface area contributed by atoms with E-state index < -0.39 is 5.41 Å². The molecule has 0 amide bonds.